The van der Waals surface area contributed by atoms with Crippen molar-refractivity contribution in [2.75, 3.05) is 12.1 Å². The maximum Gasteiger partial charge on any atom is 0.294 e. The number of nitro benzene ring substituents is 1. The summed E-state index contributed by atoms with van der Waals surface area (Å²) in [6, 6.07) is 8.01. The predicted molar refractivity (Wildman–Crippen MR) is 103 cm³/mol. The summed E-state index contributed by atoms with van der Waals surface area (Å²) in [6.45, 7) is 1.20. The van der Waals surface area contributed by atoms with Gasteiger partial charge in [-0.15, -0.1) is 5.11 Å². The SMILES string of the molecule is COc1cc([N+](=O)[O-])ccc1N=NN(C(=O)CC(C)=O)c1ccc(S(=O)(=O)O)cc1. The van der Waals surface area contributed by atoms with E-state index >= 15 is 0 Å². The van der Waals surface area contributed by atoms with Gasteiger partial charge in [0.2, 0.25) is 0 Å². The van der Waals surface area contributed by atoms with Gasteiger partial charge in [-0.25, -0.2) is 0 Å². The first kappa shape index (κ1) is 22.6. The number of hydrogen-bond acceptors (Lipinski definition) is 9. The number of methoxy groups -OCH3 is 1. The molecule has 1 amide bonds. The standard InChI is InChI=1S/C17H16N4O8S/c1-11(22)9-17(23)20(12-3-6-14(7-4-12)30(26,27)28)19-18-15-8-5-13(21(24)25)10-16(15)29-2/h3-8,10H,9H2,1-2H3,(H,26,27,28). The summed E-state index contributed by atoms with van der Waals surface area (Å²) in [7, 11) is -3.17. The number of hydrogen-bond donors (Lipinski definition) is 1. The molecule has 0 heterocycles. The Morgan fingerprint density at radius 1 is 1.20 bits per heavy atom. The van der Waals surface area contributed by atoms with Gasteiger partial charge in [-0.1, -0.05) is 5.22 Å². The number of non-ortho nitro benzene ring substituents is 1. The lowest BCUT2D eigenvalue weighted by Crippen LogP contribution is -2.26. The fraction of sp³-hybridized carbons (Fsp3) is 0.176. The van der Waals surface area contributed by atoms with Crippen LogP contribution in [-0.4, -0.2) is 36.7 Å². The highest BCUT2D eigenvalue weighted by Crippen LogP contribution is 2.32. The van der Waals surface area contributed by atoms with Crippen LogP contribution < -0.4 is 9.75 Å². The molecule has 0 radical (unpaired) electrons. The fourth-order valence-electron chi connectivity index (χ4n) is 2.25. The third kappa shape index (κ3) is 5.65. The Bertz CT molecular complexity index is 1110. The largest absolute Gasteiger partial charge is 0.494 e. The highest BCUT2D eigenvalue weighted by Gasteiger charge is 2.19. The Hall–Kier alpha value is -3.71. The van der Waals surface area contributed by atoms with E-state index in [1.165, 1.54) is 38.3 Å². The number of amides is 1. The molecule has 12 nitrogen and oxygen atoms in total. The van der Waals surface area contributed by atoms with Crippen LogP contribution in [0.3, 0.4) is 0 Å². The van der Waals surface area contributed by atoms with Crippen LogP contribution in [-0.2, 0) is 19.7 Å². The van der Waals surface area contributed by atoms with E-state index in [0.29, 0.717) is 0 Å². The van der Waals surface area contributed by atoms with Gasteiger partial charge in [-0.2, -0.15) is 13.4 Å². The number of Topliss-reactive ketones (excluding diaryl/α,β-unsaturated/α-hetero) is 1. The molecule has 2 aromatic rings. The van der Waals surface area contributed by atoms with E-state index < -0.39 is 38.0 Å². The van der Waals surface area contributed by atoms with Crippen molar-refractivity contribution in [2.45, 2.75) is 18.2 Å². The van der Waals surface area contributed by atoms with Crippen LogP contribution in [0.4, 0.5) is 17.1 Å². The average Bonchev–Trinajstić information content (AvgIpc) is 2.67. The minimum Gasteiger partial charge on any atom is -0.494 e. The van der Waals surface area contributed by atoms with Crippen LogP contribution in [0.15, 0.2) is 57.7 Å². The summed E-state index contributed by atoms with van der Waals surface area (Å²) in [5.74, 6) is -1.18. The second-order valence-electron chi connectivity index (χ2n) is 5.86. The third-order valence-electron chi connectivity index (χ3n) is 3.63. The normalized spacial score (nSPS) is 11.3. The molecule has 2 aromatic carbocycles. The Balaban J connectivity index is 2.45. The average molecular weight is 436 g/mol. The van der Waals surface area contributed by atoms with E-state index in [1.807, 2.05) is 0 Å². The summed E-state index contributed by atoms with van der Waals surface area (Å²) in [5.41, 5.74) is -0.104. The molecule has 0 aliphatic rings. The Morgan fingerprint density at radius 2 is 1.83 bits per heavy atom. The molecule has 0 saturated carbocycles. The molecule has 1 N–H and O–H groups in total. The van der Waals surface area contributed by atoms with Gasteiger partial charge in [0.1, 0.15) is 11.5 Å². The van der Waals surface area contributed by atoms with Crippen LogP contribution in [0.1, 0.15) is 13.3 Å². The van der Waals surface area contributed by atoms with Crippen molar-refractivity contribution in [3.05, 3.63) is 52.6 Å². The number of nitro groups is 1. The van der Waals surface area contributed by atoms with E-state index in [0.717, 1.165) is 23.2 Å². The second-order valence-corrected chi connectivity index (χ2v) is 7.28. The topological polar surface area (TPSA) is 169 Å². The minimum absolute atomic E-state index is 0.0219. The number of carbonyl (C=O) groups excluding carboxylic acids is 2. The van der Waals surface area contributed by atoms with E-state index in [-0.39, 0.29) is 22.8 Å². The maximum absolute atomic E-state index is 12.4. The van der Waals surface area contributed by atoms with Gasteiger partial charge in [0.15, 0.2) is 5.75 Å². The maximum atomic E-state index is 12.4. The van der Waals surface area contributed by atoms with Gasteiger partial charge in [0.25, 0.3) is 21.7 Å². The highest BCUT2D eigenvalue weighted by atomic mass is 32.2. The van der Waals surface area contributed by atoms with Crippen molar-refractivity contribution in [1.29, 1.82) is 0 Å². The molecule has 0 spiro atoms. The van der Waals surface area contributed by atoms with Crippen LogP contribution in [0.5, 0.6) is 5.75 Å². The molecule has 0 aliphatic carbocycles. The lowest BCUT2D eigenvalue weighted by molar-refractivity contribution is -0.384. The zero-order chi connectivity index (χ0) is 22.5. The summed E-state index contributed by atoms with van der Waals surface area (Å²) in [4.78, 5) is 33.6. The molecule has 0 aromatic heterocycles. The van der Waals surface area contributed by atoms with Gasteiger partial charge in [0.05, 0.1) is 35.1 Å². The van der Waals surface area contributed by atoms with Gasteiger partial charge >= 0.3 is 0 Å². The van der Waals surface area contributed by atoms with Crippen molar-refractivity contribution in [2.24, 2.45) is 10.3 Å². The van der Waals surface area contributed by atoms with Crippen molar-refractivity contribution in [3.8, 4) is 5.75 Å². The van der Waals surface area contributed by atoms with Crippen LogP contribution >= 0.6 is 0 Å². The summed E-state index contributed by atoms with van der Waals surface area (Å²) < 4.78 is 36.5. The quantitative estimate of drug-likeness (QED) is 0.216. The smallest absolute Gasteiger partial charge is 0.294 e. The number of ether oxygens (including phenoxy) is 1. The van der Waals surface area contributed by atoms with Crippen molar-refractivity contribution in [3.63, 3.8) is 0 Å². The Kier molecular flexibility index (Phi) is 6.92. The van der Waals surface area contributed by atoms with E-state index in [1.54, 1.807) is 0 Å². The first-order valence-electron chi connectivity index (χ1n) is 8.17. The van der Waals surface area contributed by atoms with Gasteiger partial charge in [0, 0.05) is 6.07 Å². The first-order chi connectivity index (χ1) is 14.0. The van der Waals surface area contributed by atoms with E-state index in [2.05, 4.69) is 10.3 Å². The molecular weight excluding hydrogens is 420 g/mol. The number of rotatable bonds is 8. The zero-order valence-corrected chi connectivity index (χ0v) is 16.6. The zero-order valence-electron chi connectivity index (χ0n) is 15.8. The predicted octanol–water partition coefficient (Wildman–Crippen LogP) is 2.86. The lowest BCUT2D eigenvalue weighted by Gasteiger charge is -2.15. The molecule has 0 saturated heterocycles. The molecule has 30 heavy (non-hydrogen) atoms. The van der Waals surface area contributed by atoms with E-state index in [4.69, 9.17) is 9.29 Å². The van der Waals surface area contributed by atoms with Crippen molar-refractivity contribution < 1.29 is 32.2 Å². The van der Waals surface area contributed by atoms with Gasteiger partial charge < -0.3 is 4.74 Å². The van der Waals surface area contributed by atoms with Crippen LogP contribution in [0.2, 0.25) is 0 Å². The number of anilines is 1. The number of carbonyl (C=O) groups is 2. The summed E-state index contributed by atoms with van der Waals surface area (Å²) in [6.07, 6.45) is -0.504. The van der Waals surface area contributed by atoms with Gasteiger partial charge in [-0.3, -0.25) is 24.3 Å². The minimum atomic E-state index is -4.44. The van der Waals surface area contributed by atoms with Crippen molar-refractivity contribution >= 4 is 38.9 Å². The van der Waals surface area contributed by atoms with E-state index in [9.17, 15) is 28.1 Å². The highest BCUT2D eigenvalue weighted by molar-refractivity contribution is 7.85. The second kappa shape index (κ2) is 9.19. The number of benzene rings is 2. The molecule has 0 fully saturated rings. The number of nitrogens with zero attached hydrogens (tertiary/aromatic N) is 4. The molecule has 2 rings (SSSR count). The van der Waals surface area contributed by atoms with Gasteiger partial charge in [-0.05, 0) is 37.3 Å². The lowest BCUT2D eigenvalue weighted by atomic mass is 10.2. The van der Waals surface area contributed by atoms with Crippen molar-refractivity contribution in [1.82, 2.24) is 0 Å². The van der Waals surface area contributed by atoms with Crippen LogP contribution in [0, 0.1) is 10.1 Å². The molecule has 0 unspecified atom stereocenters. The summed E-state index contributed by atoms with van der Waals surface area (Å²) in [5, 5.41) is 19.3. The number of ketones is 1. The monoisotopic (exact) mass is 436 g/mol. The van der Waals surface area contributed by atoms with Crippen LogP contribution in [0.25, 0.3) is 0 Å². The molecule has 0 atom stereocenters. The Morgan fingerprint density at radius 3 is 2.33 bits per heavy atom. The summed E-state index contributed by atoms with van der Waals surface area (Å²) >= 11 is 0. The third-order valence-corrected chi connectivity index (χ3v) is 4.50. The molecule has 0 aliphatic heterocycles. The molecule has 158 valence electrons. The molecule has 13 heteroatoms. The fourth-order valence-corrected chi connectivity index (χ4v) is 2.73. The molecule has 0 bridgehead atoms. The first-order valence-corrected chi connectivity index (χ1v) is 9.61. The molecular formula is C17H16N4O8S. The Labute approximate surface area is 170 Å².